The van der Waals surface area contributed by atoms with E-state index < -0.39 is 10.0 Å². The summed E-state index contributed by atoms with van der Waals surface area (Å²) >= 11 is 1.96. The van der Waals surface area contributed by atoms with Gasteiger partial charge in [0.05, 0.1) is 5.75 Å². The highest BCUT2D eigenvalue weighted by molar-refractivity contribution is 8.14. The number of rotatable bonds is 6. The third kappa shape index (κ3) is 4.39. The lowest BCUT2D eigenvalue weighted by atomic mass is 10.1. The van der Waals surface area contributed by atoms with E-state index in [1.807, 2.05) is 0 Å². The summed E-state index contributed by atoms with van der Waals surface area (Å²) in [7, 11) is -3.70. The van der Waals surface area contributed by atoms with Crippen molar-refractivity contribution in [3.8, 4) is 0 Å². The van der Waals surface area contributed by atoms with E-state index in [1.165, 1.54) is 37.4 Å². The van der Waals surface area contributed by atoms with Crippen LogP contribution in [0.4, 0.5) is 5.69 Å². The largest absolute Gasteiger partial charge is 0.293 e. The molecule has 0 aliphatic heterocycles. The molecule has 0 radical (unpaired) electrons. The molecule has 22 heavy (non-hydrogen) atoms. The summed E-state index contributed by atoms with van der Waals surface area (Å²) in [5.74, 6) is -0.117. The zero-order valence-corrected chi connectivity index (χ0v) is 13.9. The Bertz CT molecular complexity index is 768. The quantitative estimate of drug-likeness (QED) is 0.799. The normalized spacial score (nSPS) is 11.1. The van der Waals surface area contributed by atoms with Crippen LogP contribution < -0.4 is 4.72 Å². The summed E-state index contributed by atoms with van der Waals surface area (Å²) in [4.78, 5) is 26.4. The predicted octanol–water partition coefficient (Wildman–Crippen LogP) is 2.41. The average molecular weight is 356 g/mol. The van der Waals surface area contributed by atoms with E-state index in [-0.39, 0.29) is 21.0 Å². The smallest absolute Gasteiger partial charge is 0.289 e. The molecule has 1 heterocycles. The fourth-order valence-electron chi connectivity index (χ4n) is 1.52. The molecule has 0 unspecified atom stereocenters. The summed E-state index contributed by atoms with van der Waals surface area (Å²) in [5, 5.41) is 1.45. The molecule has 116 valence electrons. The van der Waals surface area contributed by atoms with E-state index in [0.717, 1.165) is 23.1 Å². The van der Waals surface area contributed by atoms with Crippen molar-refractivity contribution in [3.05, 3.63) is 41.4 Å². The van der Waals surface area contributed by atoms with Gasteiger partial charge in [0.15, 0.2) is 10.9 Å². The Hall–Kier alpha value is -1.71. The van der Waals surface area contributed by atoms with Gasteiger partial charge < -0.3 is 0 Å². The first-order chi connectivity index (χ1) is 10.4. The van der Waals surface area contributed by atoms with Gasteiger partial charge in [0.25, 0.3) is 10.0 Å². The van der Waals surface area contributed by atoms with Crippen LogP contribution in [-0.2, 0) is 14.8 Å². The van der Waals surface area contributed by atoms with Crippen molar-refractivity contribution in [1.29, 1.82) is 0 Å². The van der Waals surface area contributed by atoms with Gasteiger partial charge in [-0.1, -0.05) is 11.8 Å². The van der Waals surface area contributed by atoms with E-state index in [1.54, 1.807) is 5.38 Å². The number of anilines is 1. The van der Waals surface area contributed by atoms with Crippen LogP contribution in [0.25, 0.3) is 0 Å². The SMILES string of the molecule is CC(=O)SCC(=O)c1ccc(NS(=O)(=O)c2nccs2)cc1. The Morgan fingerprint density at radius 3 is 2.50 bits per heavy atom. The van der Waals surface area contributed by atoms with Crippen molar-refractivity contribution >= 4 is 49.7 Å². The molecule has 1 N–H and O–H groups in total. The summed E-state index contributed by atoms with van der Waals surface area (Å²) in [5.41, 5.74) is 0.761. The number of nitrogens with one attached hydrogen (secondary N) is 1. The van der Waals surface area contributed by atoms with Gasteiger partial charge in [0.1, 0.15) is 0 Å². The van der Waals surface area contributed by atoms with Gasteiger partial charge in [-0.3, -0.25) is 14.3 Å². The summed E-state index contributed by atoms with van der Waals surface area (Å²) < 4.78 is 26.3. The Morgan fingerprint density at radius 2 is 1.95 bits per heavy atom. The van der Waals surface area contributed by atoms with E-state index in [9.17, 15) is 18.0 Å². The number of carbonyl (C=O) groups excluding carboxylic acids is 2. The van der Waals surface area contributed by atoms with Crippen LogP contribution >= 0.6 is 23.1 Å². The van der Waals surface area contributed by atoms with E-state index >= 15 is 0 Å². The van der Waals surface area contributed by atoms with Crippen LogP contribution in [0.15, 0.2) is 40.2 Å². The highest BCUT2D eigenvalue weighted by Crippen LogP contribution is 2.18. The molecule has 0 aliphatic carbocycles. The molecule has 1 aromatic heterocycles. The number of hydrogen-bond acceptors (Lipinski definition) is 7. The van der Waals surface area contributed by atoms with Gasteiger partial charge in [-0.15, -0.1) is 11.3 Å². The van der Waals surface area contributed by atoms with Crippen LogP contribution in [0.1, 0.15) is 17.3 Å². The van der Waals surface area contributed by atoms with Crippen LogP contribution in [0.2, 0.25) is 0 Å². The number of thioether (sulfide) groups is 1. The molecule has 1 aromatic carbocycles. The van der Waals surface area contributed by atoms with Crippen molar-refractivity contribution in [1.82, 2.24) is 4.98 Å². The second-order valence-electron chi connectivity index (χ2n) is 4.18. The molecule has 2 rings (SSSR count). The zero-order valence-electron chi connectivity index (χ0n) is 11.5. The number of ketones is 1. The molecule has 2 aromatic rings. The topological polar surface area (TPSA) is 93.2 Å². The number of sulfonamides is 1. The molecular weight excluding hydrogens is 344 g/mol. The van der Waals surface area contributed by atoms with E-state index in [0.29, 0.717) is 11.3 Å². The minimum Gasteiger partial charge on any atom is -0.293 e. The molecule has 0 aliphatic rings. The van der Waals surface area contributed by atoms with Crippen LogP contribution in [-0.4, -0.2) is 30.1 Å². The zero-order chi connectivity index (χ0) is 16.2. The van der Waals surface area contributed by atoms with Gasteiger partial charge in [-0.25, -0.2) is 4.98 Å². The van der Waals surface area contributed by atoms with Gasteiger partial charge >= 0.3 is 0 Å². The number of hydrogen-bond donors (Lipinski definition) is 1. The standard InChI is InChI=1S/C13H12N2O4S3/c1-9(16)21-8-12(17)10-2-4-11(5-3-10)15-22(18,19)13-14-6-7-20-13/h2-7,15H,8H2,1H3. The lowest BCUT2D eigenvalue weighted by Crippen LogP contribution is -2.12. The first kappa shape index (κ1) is 16.7. The number of aromatic nitrogens is 1. The summed E-state index contributed by atoms with van der Waals surface area (Å²) in [6, 6.07) is 6.03. The van der Waals surface area contributed by atoms with E-state index in [2.05, 4.69) is 9.71 Å². The number of carbonyl (C=O) groups is 2. The van der Waals surface area contributed by atoms with Gasteiger partial charge in [0, 0.05) is 29.8 Å². The molecule has 0 atom stereocenters. The minimum atomic E-state index is -3.70. The molecule has 6 nitrogen and oxygen atoms in total. The fraction of sp³-hybridized carbons (Fsp3) is 0.154. The average Bonchev–Trinajstić information content (AvgIpc) is 3.00. The minimum absolute atomic E-state index is 0.0227. The molecule has 0 saturated heterocycles. The Balaban J connectivity index is 2.06. The lowest BCUT2D eigenvalue weighted by molar-refractivity contribution is -0.109. The molecule has 0 bridgehead atoms. The number of benzene rings is 1. The summed E-state index contributed by atoms with van der Waals surface area (Å²) in [6.45, 7) is 1.40. The maximum Gasteiger partial charge on any atom is 0.289 e. The second kappa shape index (κ2) is 7.03. The first-order valence-electron chi connectivity index (χ1n) is 6.07. The molecule has 0 amide bonds. The maximum absolute atomic E-state index is 12.0. The molecule has 0 fully saturated rings. The van der Waals surface area contributed by atoms with Gasteiger partial charge in [-0.2, -0.15) is 8.42 Å². The monoisotopic (exact) mass is 356 g/mol. The number of thiazole rings is 1. The van der Waals surface area contributed by atoms with Crippen molar-refractivity contribution in [2.75, 3.05) is 10.5 Å². The van der Waals surface area contributed by atoms with Crippen molar-refractivity contribution < 1.29 is 18.0 Å². The number of Topliss-reactive ketones (excluding diaryl/α,β-unsaturated/α-hetero) is 1. The molecule has 0 saturated carbocycles. The Kier molecular flexibility index (Phi) is 5.33. The highest BCUT2D eigenvalue weighted by atomic mass is 32.2. The highest BCUT2D eigenvalue weighted by Gasteiger charge is 2.17. The lowest BCUT2D eigenvalue weighted by Gasteiger charge is -2.06. The predicted molar refractivity (Wildman–Crippen MR) is 86.8 cm³/mol. The van der Waals surface area contributed by atoms with Crippen molar-refractivity contribution in [2.45, 2.75) is 11.3 Å². The third-order valence-electron chi connectivity index (χ3n) is 2.51. The molecule has 9 heteroatoms. The third-order valence-corrected chi connectivity index (χ3v) is 5.90. The second-order valence-corrected chi connectivity index (χ2v) is 8.09. The molecule has 0 spiro atoms. The summed E-state index contributed by atoms with van der Waals surface area (Å²) in [6.07, 6.45) is 1.41. The van der Waals surface area contributed by atoms with Crippen molar-refractivity contribution in [3.63, 3.8) is 0 Å². The molecular formula is C13H12N2O4S3. The van der Waals surface area contributed by atoms with Crippen molar-refractivity contribution in [2.24, 2.45) is 0 Å². The Labute approximate surface area is 136 Å². The number of nitrogens with zero attached hydrogens (tertiary/aromatic N) is 1. The van der Waals surface area contributed by atoms with Crippen LogP contribution in [0, 0.1) is 0 Å². The van der Waals surface area contributed by atoms with Crippen LogP contribution in [0.3, 0.4) is 0 Å². The van der Waals surface area contributed by atoms with Gasteiger partial charge in [0.2, 0.25) is 4.34 Å². The fourth-order valence-corrected chi connectivity index (χ4v) is 3.91. The van der Waals surface area contributed by atoms with Crippen LogP contribution in [0.5, 0.6) is 0 Å². The Morgan fingerprint density at radius 1 is 1.27 bits per heavy atom. The maximum atomic E-state index is 12.0. The van der Waals surface area contributed by atoms with E-state index in [4.69, 9.17) is 0 Å². The first-order valence-corrected chi connectivity index (χ1v) is 9.42. The van der Waals surface area contributed by atoms with Gasteiger partial charge in [-0.05, 0) is 24.3 Å².